The maximum absolute atomic E-state index is 11.4. The lowest BCUT2D eigenvalue weighted by Gasteiger charge is -2.18. The molecule has 1 unspecified atom stereocenters. The van der Waals surface area contributed by atoms with Crippen molar-refractivity contribution in [2.45, 2.75) is 46.0 Å². The Hall–Kier alpha value is -1.10. The second kappa shape index (κ2) is 6.40. The zero-order valence-electron chi connectivity index (χ0n) is 9.77. The molecule has 0 bridgehead atoms. The molecule has 5 heteroatoms. The monoisotopic (exact) mass is 218 g/mol. The minimum absolute atomic E-state index is 0.256. The average molecular weight is 218 g/mol. The van der Waals surface area contributed by atoms with Gasteiger partial charge in [-0.3, -0.25) is 0 Å². The zero-order chi connectivity index (χ0) is 12.0. The van der Waals surface area contributed by atoms with Gasteiger partial charge in [0.25, 0.3) is 6.10 Å². The van der Waals surface area contributed by atoms with Crippen molar-refractivity contribution in [1.29, 1.82) is 0 Å². The van der Waals surface area contributed by atoms with Crippen LogP contribution < -0.4 is 0 Å². The summed E-state index contributed by atoms with van der Waals surface area (Å²) in [7, 11) is 1.20. The molecule has 0 spiro atoms. The van der Waals surface area contributed by atoms with Crippen LogP contribution in [0, 0.1) is 0 Å². The van der Waals surface area contributed by atoms with E-state index in [2.05, 4.69) is 4.74 Å². The van der Waals surface area contributed by atoms with Crippen LogP contribution in [0.1, 0.15) is 27.7 Å². The average Bonchev–Trinajstić information content (AvgIpc) is 2.11. The molecule has 0 N–H and O–H groups in total. The Morgan fingerprint density at radius 1 is 0.933 bits per heavy atom. The summed E-state index contributed by atoms with van der Waals surface area (Å²) in [5, 5.41) is 0. The number of hydrogen-bond donors (Lipinski definition) is 0. The van der Waals surface area contributed by atoms with Crippen LogP contribution in [0.25, 0.3) is 0 Å². The van der Waals surface area contributed by atoms with Crippen LogP contribution in [0.4, 0.5) is 0 Å². The molecule has 1 atom stereocenters. The molecule has 0 aliphatic carbocycles. The van der Waals surface area contributed by atoms with Gasteiger partial charge in [0.15, 0.2) is 0 Å². The summed E-state index contributed by atoms with van der Waals surface area (Å²) >= 11 is 0. The van der Waals surface area contributed by atoms with E-state index in [9.17, 15) is 9.59 Å². The number of ether oxygens (including phenoxy) is 3. The molecule has 5 nitrogen and oxygen atoms in total. The second-order valence-electron chi connectivity index (χ2n) is 3.57. The van der Waals surface area contributed by atoms with Gasteiger partial charge in [-0.25, -0.2) is 9.59 Å². The molecule has 0 aromatic carbocycles. The maximum atomic E-state index is 11.4. The predicted octanol–water partition coefficient (Wildman–Crippen LogP) is 0.905. The SMILES string of the molecule is COC(=O)C(OC(C)C)C(=O)OC(C)C. The molecule has 15 heavy (non-hydrogen) atoms. The van der Waals surface area contributed by atoms with Gasteiger partial charge in [-0.05, 0) is 27.7 Å². The molecule has 0 rings (SSSR count). The third kappa shape index (κ3) is 5.37. The first kappa shape index (κ1) is 13.9. The summed E-state index contributed by atoms with van der Waals surface area (Å²) in [5.74, 6) is -1.46. The van der Waals surface area contributed by atoms with Crippen molar-refractivity contribution in [2.75, 3.05) is 7.11 Å². The largest absolute Gasteiger partial charge is 0.467 e. The van der Waals surface area contributed by atoms with Gasteiger partial charge in [-0.15, -0.1) is 0 Å². The van der Waals surface area contributed by atoms with Gasteiger partial charge >= 0.3 is 11.9 Å². The molecule has 0 radical (unpaired) electrons. The second-order valence-corrected chi connectivity index (χ2v) is 3.57. The highest BCUT2D eigenvalue weighted by Crippen LogP contribution is 2.05. The molecule has 0 saturated heterocycles. The first-order valence-electron chi connectivity index (χ1n) is 4.82. The van der Waals surface area contributed by atoms with Gasteiger partial charge in [0.2, 0.25) is 0 Å². The summed E-state index contributed by atoms with van der Waals surface area (Å²) in [6.07, 6.45) is -1.84. The van der Waals surface area contributed by atoms with Crippen LogP contribution in [-0.2, 0) is 23.8 Å². The van der Waals surface area contributed by atoms with Gasteiger partial charge in [0.1, 0.15) is 0 Å². The highest BCUT2D eigenvalue weighted by molar-refractivity contribution is 5.98. The lowest BCUT2D eigenvalue weighted by atomic mass is 10.3. The number of rotatable bonds is 5. The van der Waals surface area contributed by atoms with Gasteiger partial charge in [-0.2, -0.15) is 0 Å². The number of methoxy groups -OCH3 is 1. The van der Waals surface area contributed by atoms with Gasteiger partial charge in [0.05, 0.1) is 19.3 Å². The van der Waals surface area contributed by atoms with Crippen molar-refractivity contribution in [3.63, 3.8) is 0 Å². The number of carbonyl (C=O) groups is 2. The minimum atomic E-state index is -1.29. The Bertz CT molecular complexity index is 222. The third-order valence-electron chi connectivity index (χ3n) is 1.39. The number of hydrogen-bond acceptors (Lipinski definition) is 5. The minimum Gasteiger partial charge on any atom is -0.467 e. The Labute approximate surface area is 89.7 Å². The van der Waals surface area contributed by atoms with Crippen LogP contribution in [-0.4, -0.2) is 37.4 Å². The summed E-state index contributed by atoms with van der Waals surface area (Å²) < 4.78 is 14.4. The smallest absolute Gasteiger partial charge is 0.347 e. The molecular formula is C10H18O5. The fourth-order valence-electron chi connectivity index (χ4n) is 0.881. The molecule has 0 aliphatic heterocycles. The lowest BCUT2D eigenvalue weighted by Crippen LogP contribution is -2.38. The third-order valence-corrected chi connectivity index (χ3v) is 1.39. The van der Waals surface area contributed by atoms with Crippen LogP contribution in [0.2, 0.25) is 0 Å². The highest BCUT2D eigenvalue weighted by Gasteiger charge is 2.31. The van der Waals surface area contributed by atoms with Crippen LogP contribution in [0.5, 0.6) is 0 Å². The predicted molar refractivity (Wildman–Crippen MR) is 53.3 cm³/mol. The van der Waals surface area contributed by atoms with Crippen molar-refractivity contribution < 1.29 is 23.8 Å². The van der Waals surface area contributed by atoms with Crippen molar-refractivity contribution in [2.24, 2.45) is 0 Å². The maximum Gasteiger partial charge on any atom is 0.347 e. The fourth-order valence-corrected chi connectivity index (χ4v) is 0.881. The molecule has 0 aromatic heterocycles. The lowest BCUT2D eigenvalue weighted by molar-refractivity contribution is -0.177. The molecule has 0 heterocycles. The van der Waals surface area contributed by atoms with Crippen LogP contribution >= 0.6 is 0 Å². The Kier molecular flexibility index (Phi) is 5.93. The summed E-state index contributed by atoms with van der Waals surface area (Å²) in [6, 6.07) is 0. The van der Waals surface area contributed by atoms with Crippen molar-refractivity contribution in [1.82, 2.24) is 0 Å². The number of esters is 2. The van der Waals surface area contributed by atoms with E-state index in [1.165, 1.54) is 7.11 Å². The molecule has 0 aliphatic rings. The first-order valence-corrected chi connectivity index (χ1v) is 4.82. The quantitative estimate of drug-likeness (QED) is 0.507. The van der Waals surface area contributed by atoms with Gasteiger partial charge in [-0.1, -0.05) is 0 Å². The van der Waals surface area contributed by atoms with E-state index in [1.54, 1.807) is 27.7 Å². The molecule has 0 aromatic rings. The topological polar surface area (TPSA) is 61.8 Å². The van der Waals surface area contributed by atoms with Gasteiger partial charge < -0.3 is 14.2 Å². The fraction of sp³-hybridized carbons (Fsp3) is 0.800. The van der Waals surface area contributed by atoms with Gasteiger partial charge in [0, 0.05) is 0 Å². The molecular weight excluding hydrogens is 200 g/mol. The Balaban J connectivity index is 4.48. The van der Waals surface area contributed by atoms with Crippen molar-refractivity contribution >= 4 is 11.9 Å². The summed E-state index contributed by atoms with van der Waals surface area (Å²) in [6.45, 7) is 6.83. The molecule has 0 saturated carbocycles. The molecule has 0 amide bonds. The summed E-state index contributed by atoms with van der Waals surface area (Å²) in [4.78, 5) is 22.7. The van der Waals surface area contributed by atoms with Crippen molar-refractivity contribution in [3.8, 4) is 0 Å². The van der Waals surface area contributed by atoms with E-state index in [1.807, 2.05) is 0 Å². The van der Waals surface area contributed by atoms with E-state index in [0.717, 1.165) is 0 Å². The highest BCUT2D eigenvalue weighted by atomic mass is 16.6. The van der Waals surface area contributed by atoms with E-state index in [0.29, 0.717) is 0 Å². The first-order chi connectivity index (χ1) is 6.88. The standard InChI is InChI=1S/C10H18O5/c1-6(2)14-8(9(11)13-5)10(12)15-7(3)4/h6-8H,1-5H3. The summed E-state index contributed by atoms with van der Waals surface area (Å²) in [5.41, 5.74) is 0. The molecule has 0 fully saturated rings. The molecule has 88 valence electrons. The van der Waals surface area contributed by atoms with Crippen molar-refractivity contribution in [3.05, 3.63) is 0 Å². The number of carbonyl (C=O) groups excluding carboxylic acids is 2. The van der Waals surface area contributed by atoms with E-state index in [-0.39, 0.29) is 12.2 Å². The van der Waals surface area contributed by atoms with Crippen LogP contribution in [0.15, 0.2) is 0 Å². The van der Waals surface area contributed by atoms with E-state index in [4.69, 9.17) is 9.47 Å². The van der Waals surface area contributed by atoms with E-state index >= 15 is 0 Å². The zero-order valence-corrected chi connectivity index (χ0v) is 9.77. The Morgan fingerprint density at radius 2 is 1.47 bits per heavy atom. The Morgan fingerprint density at radius 3 is 1.80 bits per heavy atom. The van der Waals surface area contributed by atoms with Crippen LogP contribution in [0.3, 0.4) is 0 Å². The normalized spacial score (nSPS) is 12.7. The van der Waals surface area contributed by atoms with E-state index < -0.39 is 18.0 Å².